The Morgan fingerprint density at radius 3 is 1.66 bits per heavy atom. The number of rotatable bonds is 7. The molecule has 0 fully saturated rings. The van der Waals surface area contributed by atoms with Crippen LogP contribution < -0.4 is 4.90 Å². The highest BCUT2D eigenvalue weighted by Gasteiger charge is 2.17. The molecular weight excluding hydrogens is 757 g/mol. The van der Waals surface area contributed by atoms with Gasteiger partial charge in [0.1, 0.15) is 0 Å². The Labute approximate surface area is 358 Å². The summed E-state index contributed by atoms with van der Waals surface area (Å²) in [6, 6.07) is 84.1. The lowest BCUT2D eigenvalue weighted by Gasteiger charge is -2.26. The average Bonchev–Trinajstić information content (AvgIpc) is 3.88. The molecule has 10 aromatic carbocycles. The molecule has 12 aromatic rings. The Morgan fingerprint density at radius 1 is 0.328 bits per heavy atom. The van der Waals surface area contributed by atoms with Crippen LogP contribution in [0.4, 0.5) is 17.1 Å². The van der Waals surface area contributed by atoms with E-state index in [-0.39, 0.29) is 0 Å². The first-order chi connectivity index (χ1) is 30.2. The molecular formula is C58H38N2S. The smallest absolute Gasteiger partial charge is 0.0541 e. The van der Waals surface area contributed by atoms with Gasteiger partial charge >= 0.3 is 0 Å². The molecule has 0 aliphatic carbocycles. The van der Waals surface area contributed by atoms with E-state index >= 15 is 0 Å². The summed E-state index contributed by atoms with van der Waals surface area (Å²) in [5.41, 5.74) is 14.1. The van der Waals surface area contributed by atoms with E-state index in [1.54, 1.807) is 0 Å². The number of para-hydroxylation sites is 2. The molecule has 0 aliphatic heterocycles. The van der Waals surface area contributed by atoms with E-state index in [4.69, 9.17) is 0 Å². The zero-order valence-electron chi connectivity index (χ0n) is 33.2. The van der Waals surface area contributed by atoms with E-state index < -0.39 is 0 Å². The Bertz CT molecular complexity index is 3530. The molecule has 12 rings (SSSR count). The van der Waals surface area contributed by atoms with Crippen molar-refractivity contribution in [3.8, 4) is 39.1 Å². The molecule has 0 bridgehead atoms. The van der Waals surface area contributed by atoms with Crippen LogP contribution >= 0.6 is 11.3 Å². The topological polar surface area (TPSA) is 8.17 Å². The molecule has 2 heterocycles. The Morgan fingerprint density at radius 2 is 0.885 bits per heavy atom. The van der Waals surface area contributed by atoms with Gasteiger partial charge in [0.25, 0.3) is 0 Å². The van der Waals surface area contributed by atoms with Crippen molar-refractivity contribution in [2.75, 3.05) is 4.90 Å². The van der Waals surface area contributed by atoms with Crippen LogP contribution in [0.15, 0.2) is 231 Å². The standard InChI is InChI=1S/C58H38N2S/c1-2-19-48-40(13-1)14-11-23-49(48)43-16-10-17-46(38-43)59(45-35-31-41(32-36-45)50-24-12-25-54-53-22-5-8-28-57(53)61-58(50)54)44-33-29-39(30-34-44)42-15-9-18-47(37-42)60-55-26-6-3-20-51(55)52-21-4-7-27-56(52)60/h1-38H. The summed E-state index contributed by atoms with van der Waals surface area (Å²) in [7, 11) is 0. The number of hydrogen-bond donors (Lipinski definition) is 0. The number of thiophene rings is 1. The second-order valence-electron chi connectivity index (χ2n) is 15.7. The maximum Gasteiger partial charge on any atom is 0.0541 e. The van der Waals surface area contributed by atoms with Crippen LogP contribution in [0.25, 0.3) is 91.8 Å². The summed E-state index contributed by atoms with van der Waals surface area (Å²) in [6.07, 6.45) is 0. The van der Waals surface area contributed by atoms with Gasteiger partial charge in [-0.05, 0) is 111 Å². The third-order valence-corrected chi connectivity index (χ3v) is 13.4. The quantitative estimate of drug-likeness (QED) is 0.156. The summed E-state index contributed by atoms with van der Waals surface area (Å²) in [4.78, 5) is 2.39. The molecule has 0 unspecified atom stereocenters. The maximum absolute atomic E-state index is 2.39. The van der Waals surface area contributed by atoms with E-state index in [9.17, 15) is 0 Å². The molecule has 0 spiro atoms. The minimum atomic E-state index is 1.09. The van der Waals surface area contributed by atoms with Gasteiger partial charge in [0.2, 0.25) is 0 Å². The molecule has 0 N–H and O–H groups in total. The number of fused-ring (bicyclic) bond motifs is 7. The minimum Gasteiger partial charge on any atom is -0.310 e. The number of anilines is 3. The molecule has 2 aromatic heterocycles. The van der Waals surface area contributed by atoms with Crippen molar-refractivity contribution in [2.45, 2.75) is 0 Å². The van der Waals surface area contributed by atoms with Gasteiger partial charge in [0.15, 0.2) is 0 Å². The summed E-state index contributed by atoms with van der Waals surface area (Å²) < 4.78 is 5.03. The second-order valence-corrected chi connectivity index (χ2v) is 16.8. The van der Waals surface area contributed by atoms with Crippen LogP contribution in [0.3, 0.4) is 0 Å². The number of aromatic nitrogens is 1. The highest BCUT2D eigenvalue weighted by Crippen LogP contribution is 2.43. The van der Waals surface area contributed by atoms with Crippen molar-refractivity contribution >= 4 is 81.1 Å². The predicted molar refractivity (Wildman–Crippen MR) is 262 cm³/mol. The fourth-order valence-electron chi connectivity index (χ4n) is 9.33. The molecule has 0 saturated carbocycles. The number of nitrogens with zero attached hydrogens (tertiary/aromatic N) is 2. The Balaban J connectivity index is 0.956. The van der Waals surface area contributed by atoms with Crippen LogP contribution in [0, 0.1) is 0 Å². The van der Waals surface area contributed by atoms with Gasteiger partial charge in [0.05, 0.1) is 11.0 Å². The third-order valence-electron chi connectivity index (χ3n) is 12.2. The largest absolute Gasteiger partial charge is 0.310 e. The lowest BCUT2D eigenvalue weighted by molar-refractivity contribution is 1.18. The van der Waals surface area contributed by atoms with E-state index in [0.29, 0.717) is 0 Å². The molecule has 61 heavy (non-hydrogen) atoms. The van der Waals surface area contributed by atoms with Gasteiger partial charge < -0.3 is 9.47 Å². The Kier molecular flexibility index (Phi) is 8.39. The molecule has 0 aliphatic rings. The molecule has 0 saturated heterocycles. The van der Waals surface area contributed by atoms with Crippen molar-refractivity contribution in [1.82, 2.24) is 4.57 Å². The summed E-state index contributed by atoms with van der Waals surface area (Å²) in [6.45, 7) is 0. The fourth-order valence-corrected chi connectivity index (χ4v) is 10.6. The van der Waals surface area contributed by atoms with E-state index in [2.05, 4.69) is 240 Å². The Hall–Kier alpha value is -7.72. The second kappa shape index (κ2) is 14.5. The van der Waals surface area contributed by atoms with Gasteiger partial charge in [-0.2, -0.15) is 0 Å². The van der Waals surface area contributed by atoms with Crippen LogP contribution in [0.5, 0.6) is 0 Å². The highest BCUT2D eigenvalue weighted by atomic mass is 32.1. The molecule has 0 atom stereocenters. The predicted octanol–water partition coefficient (Wildman–Crippen LogP) is 16.8. The zero-order valence-corrected chi connectivity index (χ0v) is 34.1. The first kappa shape index (κ1) is 35.2. The zero-order chi connectivity index (χ0) is 40.3. The van der Waals surface area contributed by atoms with Gasteiger partial charge in [0, 0.05) is 53.7 Å². The fraction of sp³-hybridized carbons (Fsp3) is 0. The highest BCUT2D eigenvalue weighted by molar-refractivity contribution is 7.26. The maximum atomic E-state index is 2.39. The van der Waals surface area contributed by atoms with Crippen molar-refractivity contribution in [3.05, 3.63) is 231 Å². The van der Waals surface area contributed by atoms with E-state index in [0.717, 1.165) is 22.7 Å². The van der Waals surface area contributed by atoms with Gasteiger partial charge in [-0.3, -0.25) is 0 Å². The summed E-state index contributed by atoms with van der Waals surface area (Å²) in [5.74, 6) is 0. The normalized spacial score (nSPS) is 11.6. The van der Waals surface area contributed by atoms with Crippen molar-refractivity contribution < 1.29 is 0 Å². The van der Waals surface area contributed by atoms with Gasteiger partial charge in [-0.15, -0.1) is 11.3 Å². The molecule has 286 valence electrons. The van der Waals surface area contributed by atoms with E-state index in [1.165, 1.54) is 86.1 Å². The number of benzene rings is 10. The van der Waals surface area contributed by atoms with Crippen LogP contribution in [-0.2, 0) is 0 Å². The van der Waals surface area contributed by atoms with Crippen molar-refractivity contribution in [3.63, 3.8) is 0 Å². The van der Waals surface area contributed by atoms with Gasteiger partial charge in [-0.1, -0.05) is 164 Å². The lowest BCUT2D eigenvalue weighted by atomic mass is 9.97. The summed E-state index contributed by atoms with van der Waals surface area (Å²) in [5, 5.41) is 7.66. The molecule has 0 amide bonds. The monoisotopic (exact) mass is 794 g/mol. The van der Waals surface area contributed by atoms with Crippen LogP contribution in [0.2, 0.25) is 0 Å². The SMILES string of the molecule is c1cc(-c2cccc3ccccc23)cc(N(c2ccc(-c3cccc(-n4c5ccccc5c5ccccc54)c3)cc2)c2ccc(-c3cccc4c3sc3ccccc34)cc2)c1. The molecule has 0 radical (unpaired) electrons. The lowest BCUT2D eigenvalue weighted by Crippen LogP contribution is -2.10. The van der Waals surface area contributed by atoms with Crippen molar-refractivity contribution in [1.29, 1.82) is 0 Å². The van der Waals surface area contributed by atoms with Crippen molar-refractivity contribution in [2.24, 2.45) is 0 Å². The van der Waals surface area contributed by atoms with Gasteiger partial charge in [-0.25, -0.2) is 0 Å². The molecule has 2 nitrogen and oxygen atoms in total. The van der Waals surface area contributed by atoms with Crippen LogP contribution in [-0.4, -0.2) is 4.57 Å². The summed E-state index contributed by atoms with van der Waals surface area (Å²) >= 11 is 1.88. The molecule has 3 heteroatoms. The average molecular weight is 795 g/mol. The number of hydrogen-bond acceptors (Lipinski definition) is 2. The first-order valence-corrected chi connectivity index (χ1v) is 21.6. The minimum absolute atomic E-state index is 1.09. The van der Waals surface area contributed by atoms with E-state index in [1.807, 2.05) is 11.3 Å². The van der Waals surface area contributed by atoms with Crippen LogP contribution in [0.1, 0.15) is 0 Å². The first-order valence-electron chi connectivity index (χ1n) is 20.8. The third kappa shape index (κ3) is 6.01.